The number of phosphoric acid groups is 1. The van der Waals surface area contributed by atoms with Crippen molar-refractivity contribution < 1.29 is 38.9 Å². The van der Waals surface area contributed by atoms with E-state index < -0.39 is 39.0 Å². The first-order valence-corrected chi connectivity index (χ1v) is 5.73. The number of ether oxygens (including phenoxy) is 1. The van der Waals surface area contributed by atoms with Crippen LogP contribution in [0.5, 0.6) is 0 Å². The smallest absolute Gasteiger partial charge is 0.394 e. The van der Waals surface area contributed by atoms with Crippen LogP contribution in [-0.2, 0) is 13.8 Å². The third kappa shape index (κ3) is 3.78. The quantitative estimate of drug-likeness (QED) is 0.355. The second-order valence-electron chi connectivity index (χ2n) is 3.18. The van der Waals surface area contributed by atoms with Crippen LogP contribution in [0.25, 0.3) is 0 Å². The largest absolute Gasteiger partial charge is 0.471 e. The average molecular weight is 244 g/mol. The third-order valence-electron chi connectivity index (χ3n) is 1.94. The van der Waals surface area contributed by atoms with Crippen molar-refractivity contribution in [3.63, 3.8) is 0 Å². The summed E-state index contributed by atoms with van der Waals surface area (Å²) in [5, 5.41) is 27.1. The number of hydrogen-bond donors (Lipinski definition) is 5. The van der Waals surface area contributed by atoms with Gasteiger partial charge < -0.3 is 29.8 Å². The third-order valence-corrected chi connectivity index (χ3v) is 2.45. The summed E-state index contributed by atoms with van der Waals surface area (Å²) in [4.78, 5) is 16.9. The molecule has 5 N–H and O–H groups in total. The molecule has 0 spiro atoms. The van der Waals surface area contributed by atoms with Gasteiger partial charge in [0.25, 0.3) is 0 Å². The molecule has 0 bridgehead atoms. The first kappa shape index (κ1) is 13.0. The van der Waals surface area contributed by atoms with Gasteiger partial charge in [-0.3, -0.25) is 4.52 Å². The van der Waals surface area contributed by atoms with Gasteiger partial charge in [-0.15, -0.1) is 0 Å². The first-order valence-electron chi connectivity index (χ1n) is 4.20. The summed E-state index contributed by atoms with van der Waals surface area (Å²) in [6, 6.07) is 0. The molecule has 0 aromatic rings. The highest BCUT2D eigenvalue weighted by atomic mass is 31.2. The Morgan fingerprint density at radius 1 is 1.53 bits per heavy atom. The van der Waals surface area contributed by atoms with Gasteiger partial charge in [0.15, 0.2) is 6.29 Å². The average Bonchev–Trinajstić information content (AvgIpc) is 2.42. The van der Waals surface area contributed by atoms with E-state index in [0.29, 0.717) is 0 Å². The molecule has 15 heavy (non-hydrogen) atoms. The number of rotatable bonds is 4. The maximum absolute atomic E-state index is 10.4. The summed E-state index contributed by atoms with van der Waals surface area (Å²) in [6.07, 6.45) is -5.01. The first-order chi connectivity index (χ1) is 6.83. The maximum Gasteiger partial charge on any atom is 0.471 e. The Hall–Kier alpha value is -0.0500. The molecule has 4 atom stereocenters. The monoisotopic (exact) mass is 244 g/mol. The van der Waals surface area contributed by atoms with E-state index in [0.717, 1.165) is 0 Å². The standard InChI is InChI=1S/C6H13O8P/c7-2-4(9)6-3(8)1-5(13-6)14-15(10,11)12/h3-9H,1-2H2,(H2,10,11,12)/t3-,4-,5-,6-/m1/s1. The predicted molar refractivity (Wildman–Crippen MR) is 45.5 cm³/mol. The van der Waals surface area contributed by atoms with Gasteiger partial charge >= 0.3 is 7.82 Å². The van der Waals surface area contributed by atoms with E-state index in [1.165, 1.54) is 0 Å². The van der Waals surface area contributed by atoms with Crippen molar-refractivity contribution in [3.05, 3.63) is 0 Å². The summed E-state index contributed by atoms with van der Waals surface area (Å²) in [6.45, 7) is -0.621. The van der Waals surface area contributed by atoms with Crippen LogP contribution in [0.3, 0.4) is 0 Å². The van der Waals surface area contributed by atoms with Crippen LogP contribution in [0.1, 0.15) is 6.42 Å². The molecule has 1 rings (SSSR count). The Bertz CT molecular complexity index is 252. The normalized spacial score (nSPS) is 34.3. The summed E-state index contributed by atoms with van der Waals surface area (Å²) in [7, 11) is -4.69. The molecule has 1 heterocycles. The van der Waals surface area contributed by atoms with Gasteiger partial charge in [-0.1, -0.05) is 0 Å². The minimum absolute atomic E-state index is 0.174. The van der Waals surface area contributed by atoms with E-state index in [9.17, 15) is 9.67 Å². The molecule has 0 saturated carbocycles. The molecule has 8 nitrogen and oxygen atoms in total. The minimum atomic E-state index is -4.69. The van der Waals surface area contributed by atoms with Crippen molar-refractivity contribution in [2.45, 2.75) is 31.0 Å². The molecule has 0 amide bonds. The fraction of sp³-hybridized carbons (Fsp3) is 1.00. The van der Waals surface area contributed by atoms with Gasteiger partial charge in [-0.05, 0) is 0 Å². The van der Waals surface area contributed by atoms with Crippen LogP contribution in [0.4, 0.5) is 0 Å². The topological polar surface area (TPSA) is 137 Å². The van der Waals surface area contributed by atoms with E-state index in [-0.39, 0.29) is 6.42 Å². The molecule has 1 saturated heterocycles. The number of phosphoric ester groups is 1. The molecule has 0 radical (unpaired) electrons. The Balaban J connectivity index is 2.52. The predicted octanol–water partition coefficient (Wildman–Crippen LogP) is -2.08. The zero-order valence-corrected chi connectivity index (χ0v) is 8.53. The number of aliphatic hydroxyl groups excluding tert-OH is 3. The van der Waals surface area contributed by atoms with Crippen molar-refractivity contribution in [2.75, 3.05) is 6.61 Å². The molecule has 0 aliphatic carbocycles. The fourth-order valence-corrected chi connectivity index (χ4v) is 1.77. The summed E-state index contributed by atoms with van der Waals surface area (Å²) in [5.74, 6) is 0. The number of hydrogen-bond acceptors (Lipinski definition) is 6. The highest BCUT2D eigenvalue weighted by Crippen LogP contribution is 2.41. The second kappa shape index (κ2) is 4.86. The molecule has 90 valence electrons. The van der Waals surface area contributed by atoms with Crippen LogP contribution in [0.15, 0.2) is 0 Å². The number of aliphatic hydroxyl groups is 3. The van der Waals surface area contributed by atoms with E-state index >= 15 is 0 Å². The summed E-state index contributed by atoms with van der Waals surface area (Å²) < 4.78 is 19.5. The molecular weight excluding hydrogens is 231 g/mol. The lowest BCUT2D eigenvalue weighted by Crippen LogP contribution is -2.37. The van der Waals surface area contributed by atoms with Gasteiger partial charge in [0, 0.05) is 6.42 Å². The lowest BCUT2D eigenvalue weighted by Gasteiger charge is -2.18. The SMILES string of the molecule is O=P(O)(O)O[C@@H]1C[C@@H](O)[C@H]([C@H](O)CO)O1. The Labute approximate surface area is 85.3 Å². The van der Waals surface area contributed by atoms with E-state index in [4.69, 9.17) is 24.7 Å². The van der Waals surface area contributed by atoms with Crippen molar-refractivity contribution >= 4 is 7.82 Å². The van der Waals surface area contributed by atoms with Gasteiger partial charge in [0.1, 0.15) is 12.2 Å². The van der Waals surface area contributed by atoms with E-state index in [1.54, 1.807) is 0 Å². The van der Waals surface area contributed by atoms with Crippen molar-refractivity contribution in [1.29, 1.82) is 0 Å². The second-order valence-corrected chi connectivity index (χ2v) is 4.37. The molecule has 1 aliphatic heterocycles. The van der Waals surface area contributed by atoms with Crippen LogP contribution in [0.2, 0.25) is 0 Å². The summed E-state index contributed by atoms with van der Waals surface area (Å²) >= 11 is 0. The minimum Gasteiger partial charge on any atom is -0.394 e. The lowest BCUT2D eigenvalue weighted by atomic mass is 10.1. The van der Waals surface area contributed by atoms with Gasteiger partial charge in [-0.25, -0.2) is 4.57 Å². The zero-order valence-electron chi connectivity index (χ0n) is 7.63. The summed E-state index contributed by atoms with van der Waals surface area (Å²) in [5.41, 5.74) is 0. The Morgan fingerprint density at radius 3 is 2.60 bits per heavy atom. The van der Waals surface area contributed by atoms with Crippen molar-refractivity contribution in [3.8, 4) is 0 Å². The Morgan fingerprint density at radius 2 is 2.13 bits per heavy atom. The van der Waals surface area contributed by atoms with E-state index in [1.807, 2.05) is 0 Å². The molecule has 0 aromatic carbocycles. The molecule has 0 unspecified atom stereocenters. The highest BCUT2D eigenvalue weighted by molar-refractivity contribution is 7.46. The highest BCUT2D eigenvalue weighted by Gasteiger charge is 2.41. The maximum atomic E-state index is 10.4. The van der Waals surface area contributed by atoms with Crippen molar-refractivity contribution in [2.24, 2.45) is 0 Å². The van der Waals surface area contributed by atoms with Gasteiger partial charge in [0.2, 0.25) is 0 Å². The van der Waals surface area contributed by atoms with Crippen LogP contribution in [0, 0.1) is 0 Å². The molecule has 1 fully saturated rings. The van der Waals surface area contributed by atoms with Gasteiger partial charge in [0.05, 0.1) is 12.7 Å². The van der Waals surface area contributed by atoms with Crippen LogP contribution in [-0.4, -0.2) is 56.3 Å². The molecule has 1 aliphatic rings. The molecule has 9 heteroatoms. The van der Waals surface area contributed by atoms with Crippen LogP contribution >= 0.6 is 7.82 Å². The molecular formula is C6H13O8P. The fourth-order valence-electron chi connectivity index (χ4n) is 1.32. The van der Waals surface area contributed by atoms with Gasteiger partial charge in [-0.2, -0.15) is 0 Å². The van der Waals surface area contributed by atoms with Crippen molar-refractivity contribution in [1.82, 2.24) is 0 Å². The lowest BCUT2D eigenvalue weighted by molar-refractivity contribution is -0.132. The van der Waals surface area contributed by atoms with Crippen LogP contribution < -0.4 is 0 Å². The Kier molecular flexibility index (Phi) is 4.21. The van der Waals surface area contributed by atoms with E-state index in [2.05, 4.69) is 4.52 Å². The molecule has 0 aromatic heterocycles. The zero-order chi connectivity index (χ0) is 11.6.